The molecule has 1 rings (SSSR count). The minimum absolute atomic E-state index is 0.153. The summed E-state index contributed by atoms with van der Waals surface area (Å²) in [4.78, 5) is 16.0. The summed E-state index contributed by atoms with van der Waals surface area (Å²) in [7, 11) is 2.76. The Bertz CT molecular complexity index is 435. The molecule has 2 atom stereocenters. The van der Waals surface area contributed by atoms with Gasteiger partial charge in [-0.1, -0.05) is 40.9 Å². The van der Waals surface area contributed by atoms with E-state index in [1.165, 1.54) is 21.1 Å². The predicted octanol–water partition coefficient (Wildman–Crippen LogP) is 2.26. The van der Waals surface area contributed by atoms with E-state index >= 15 is 0 Å². The predicted molar refractivity (Wildman–Crippen MR) is 80.0 cm³/mol. The first-order chi connectivity index (χ1) is 9.75. The van der Waals surface area contributed by atoms with Crippen molar-refractivity contribution in [2.24, 2.45) is 4.99 Å². The summed E-state index contributed by atoms with van der Waals surface area (Å²) >= 11 is 17.2. The summed E-state index contributed by atoms with van der Waals surface area (Å²) in [5.41, 5.74) is -1.33. The molecule has 6 nitrogen and oxygen atoms in total. The van der Waals surface area contributed by atoms with Gasteiger partial charge >= 0.3 is 5.97 Å². The summed E-state index contributed by atoms with van der Waals surface area (Å²) in [6.07, 6.45) is 2.49. The lowest BCUT2D eigenvalue weighted by atomic mass is 9.96. The summed E-state index contributed by atoms with van der Waals surface area (Å²) in [5, 5.41) is 0. The number of carbonyl (C=O) groups is 1. The SMILES string of the molecule is COCOC/C=C/[C@@H]1OC(C(Cl)(Cl)Cl)=N[C@]1(C)C(=O)OC. The van der Waals surface area contributed by atoms with Crippen molar-refractivity contribution in [2.75, 3.05) is 27.6 Å². The number of methoxy groups -OCH3 is 2. The Morgan fingerprint density at radius 3 is 2.67 bits per heavy atom. The number of carbonyl (C=O) groups excluding carboxylic acids is 1. The molecule has 1 aliphatic rings. The second-order valence-corrected chi connectivity index (χ2v) is 6.58. The first-order valence-corrected chi connectivity index (χ1v) is 7.04. The molecule has 0 aromatic rings. The molecular weight excluding hydrogens is 344 g/mol. The van der Waals surface area contributed by atoms with Gasteiger partial charge in [-0.15, -0.1) is 0 Å². The van der Waals surface area contributed by atoms with E-state index in [4.69, 9.17) is 53.8 Å². The summed E-state index contributed by atoms with van der Waals surface area (Å²) in [6.45, 7) is 1.96. The highest BCUT2D eigenvalue weighted by atomic mass is 35.6. The van der Waals surface area contributed by atoms with Crippen molar-refractivity contribution in [1.82, 2.24) is 0 Å². The highest BCUT2D eigenvalue weighted by Gasteiger charge is 2.52. The monoisotopic (exact) mass is 359 g/mol. The van der Waals surface area contributed by atoms with Crippen molar-refractivity contribution < 1.29 is 23.7 Å². The first kappa shape index (κ1) is 18.5. The summed E-state index contributed by atoms with van der Waals surface area (Å²) in [5.74, 6) is -0.757. The number of aliphatic imine (C=N–C) groups is 1. The van der Waals surface area contributed by atoms with E-state index in [1.807, 2.05) is 0 Å². The Labute approximate surface area is 137 Å². The van der Waals surface area contributed by atoms with Gasteiger partial charge in [0.2, 0.25) is 5.90 Å². The van der Waals surface area contributed by atoms with Gasteiger partial charge in [-0.2, -0.15) is 0 Å². The number of rotatable bonds is 6. The fourth-order valence-corrected chi connectivity index (χ4v) is 1.90. The van der Waals surface area contributed by atoms with Crippen LogP contribution < -0.4 is 0 Å². The Hall–Kier alpha value is -0.530. The standard InChI is InChI=1S/C12H16Cl3NO5/c1-11(10(17)19-3)8(5-4-6-20-7-18-2)21-9(16-11)12(13,14)15/h4-5,8H,6-7H2,1-3H3/b5-4+/t8-,11-/m0/s1. The lowest BCUT2D eigenvalue weighted by molar-refractivity contribution is -0.147. The lowest BCUT2D eigenvalue weighted by Crippen LogP contribution is -2.42. The Morgan fingerprint density at radius 1 is 1.48 bits per heavy atom. The molecule has 1 aliphatic heterocycles. The zero-order valence-corrected chi connectivity index (χ0v) is 14.0. The third-order valence-corrected chi connectivity index (χ3v) is 3.18. The molecule has 1 heterocycles. The van der Waals surface area contributed by atoms with Crippen LogP contribution in [0.15, 0.2) is 17.1 Å². The van der Waals surface area contributed by atoms with Gasteiger partial charge in [-0.3, -0.25) is 0 Å². The van der Waals surface area contributed by atoms with Gasteiger partial charge in [0.05, 0.1) is 13.7 Å². The van der Waals surface area contributed by atoms with Crippen molar-refractivity contribution >= 4 is 46.7 Å². The van der Waals surface area contributed by atoms with Crippen LogP contribution in [0, 0.1) is 0 Å². The molecule has 0 aliphatic carbocycles. The van der Waals surface area contributed by atoms with Crippen LogP contribution in [0.4, 0.5) is 0 Å². The van der Waals surface area contributed by atoms with Gasteiger partial charge in [0, 0.05) is 7.11 Å². The number of alkyl halides is 3. The zero-order chi connectivity index (χ0) is 16.1. The molecule has 0 aromatic carbocycles. The van der Waals surface area contributed by atoms with E-state index in [1.54, 1.807) is 12.2 Å². The van der Waals surface area contributed by atoms with E-state index < -0.39 is 21.4 Å². The molecule has 0 saturated carbocycles. The van der Waals surface area contributed by atoms with Gasteiger partial charge in [0.1, 0.15) is 6.79 Å². The van der Waals surface area contributed by atoms with E-state index in [0.717, 1.165) is 0 Å². The quantitative estimate of drug-likeness (QED) is 0.239. The Morgan fingerprint density at radius 2 is 2.14 bits per heavy atom. The maximum absolute atomic E-state index is 11.9. The Balaban J connectivity index is 2.86. The third kappa shape index (κ3) is 4.72. The molecule has 0 aromatic heterocycles. The maximum atomic E-state index is 11.9. The molecule has 9 heteroatoms. The summed E-state index contributed by atoms with van der Waals surface area (Å²) in [6, 6.07) is 0. The average Bonchev–Trinajstić information content (AvgIpc) is 2.76. The smallest absolute Gasteiger partial charge is 0.337 e. The molecule has 120 valence electrons. The number of halogens is 3. The molecule has 21 heavy (non-hydrogen) atoms. The van der Waals surface area contributed by atoms with Crippen LogP contribution in [0.25, 0.3) is 0 Å². The molecule has 0 unspecified atom stereocenters. The van der Waals surface area contributed by atoms with E-state index in [9.17, 15) is 4.79 Å². The topological polar surface area (TPSA) is 66.3 Å². The van der Waals surface area contributed by atoms with Crippen molar-refractivity contribution in [2.45, 2.75) is 22.4 Å². The number of esters is 1. The maximum Gasteiger partial charge on any atom is 0.337 e. The molecule has 0 N–H and O–H groups in total. The minimum atomic E-state index is -1.86. The van der Waals surface area contributed by atoms with Gasteiger partial charge in [0.25, 0.3) is 3.79 Å². The molecular formula is C12H16Cl3NO5. The molecule has 0 saturated heterocycles. The van der Waals surface area contributed by atoms with Gasteiger partial charge < -0.3 is 18.9 Å². The first-order valence-electron chi connectivity index (χ1n) is 5.91. The molecule has 0 spiro atoms. The number of hydrogen-bond acceptors (Lipinski definition) is 6. The molecule has 0 fully saturated rings. The second kappa shape index (κ2) is 7.65. The van der Waals surface area contributed by atoms with Crippen LogP contribution in [0.3, 0.4) is 0 Å². The highest BCUT2D eigenvalue weighted by Crippen LogP contribution is 2.37. The fourth-order valence-electron chi connectivity index (χ4n) is 1.64. The van der Waals surface area contributed by atoms with E-state index in [-0.39, 0.29) is 19.3 Å². The van der Waals surface area contributed by atoms with Crippen molar-refractivity contribution in [3.63, 3.8) is 0 Å². The second-order valence-electron chi connectivity index (χ2n) is 4.30. The highest BCUT2D eigenvalue weighted by molar-refractivity contribution is 6.76. The van der Waals surface area contributed by atoms with Crippen LogP contribution in [-0.2, 0) is 23.7 Å². The van der Waals surface area contributed by atoms with Crippen LogP contribution in [-0.4, -0.2) is 54.9 Å². The van der Waals surface area contributed by atoms with E-state index in [2.05, 4.69) is 4.99 Å². The lowest BCUT2D eigenvalue weighted by Gasteiger charge is -2.22. The van der Waals surface area contributed by atoms with Gasteiger partial charge in [-0.05, 0) is 13.0 Å². The van der Waals surface area contributed by atoms with Crippen LogP contribution in [0.1, 0.15) is 6.92 Å². The molecule has 0 bridgehead atoms. The van der Waals surface area contributed by atoms with Crippen LogP contribution >= 0.6 is 34.8 Å². The largest absolute Gasteiger partial charge is 0.467 e. The number of hydrogen-bond donors (Lipinski definition) is 0. The fraction of sp³-hybridized carbons (Fsp3) is 0.667. The summed E-state index contributed by atoms with van der Waals surface area (Å²) < 4.78 is 18.2. The normalized spacial score (nSPS) is 25.8. The zero-order valence-electron chi connectivity index (χ0n) is 11.8. The number of nitrogens with zero attached hydrogens (tertiary/aromatic N) is 1. The van der Waals surface area contributed by atoms with Gasteiger partial charge in [0.15, 0.2) is 11.6 Å². The third-order valence-electron chi connectivity index (χ3n) is 2.69. The number of ether oxygens (including phenoxy) is 4. The molecule has 0 radical (unpaired) electrons. The van der Waals surface area contributed by atoms with Crippen LogP contribution in [0.5, 0.6) is 0 Å². The Kier molecular flexibility index (Phi) is 6.74. The van der Waals surface area contributed by atoms with E-state index in [0.29, 0.717) is 0 Å². The van der Waals surface area contributed by atoms with Crippen molar-refractivity contribution in [3.05, 3.63) is 12.2 Å². The van der Waals surface area contributed by atoms with Crippen molar-refractivity contribution in [3.8, 4) is 0 Å². The average molecular weight is 361 g/mol. The van der Waals surface area contributed by atoms with Crippen molar-refractivity contribution in [1.29, 1.82) is 0 Å². The minimum Gasteiger partial charge on any atom is -0.467 e. The molecule has 0 amide bonds. The van der Waals surface area contributed by atoms with Gasteiger partial charge in [-0.25, -0.2) is 9.79 Å². The van der Waals surface area contributed by atoms with Crippen LogP contribution in [0.2, 0.25) is 0 Å².